The lowest BCUT2D eigenvalue weighted by molar-refractivity contribution is -0.114. The Morgan fingerprint density at radius 3 is 2.49 bits per heavy atom. The normalized spacial score (nSPS) is 11.9. The Hall–Kier alpha value is -4.22. The van der Waals surface area contributed by atoms with Gasteiger partial charge in [0.05, 0.1) is 17.1 Å². The number of carbonyl (C=O) groups excluding carboxylic acids is 1. The highest BCUT2D eigenvalue weighted by atomic mass is 32.2. The van der Waals surface area contributed by atoms with Crippen molar-refractivity contribution in [3.05, 3.63) is 47.9 Å². The van der Waals surface area contributed by atoms with Crippen LogP contribution in [0.15, 0.2) is 46.9 Å². The van der Waals surface area contributed by atoms with E-state index in [-0.39, 0.29) is 35.4 Å². The van der Waals surface area contributed by atoms with E-state index in [0.29, 0.717) is 35.8 Å². The van der Waals surface area contributed by atoms with Gasteiger partial charge in [-0.3, -0.25) is 9.35 Å². The van der Waals surface area contributed by atoms with Crippen molar-refractivity contribution < 1.29 is 17.8 Å². The first kappa shape index (κ1) is 29.3. The summed E-state index contributed by atoms with van der Waals surface area (Å²) in [5.41, 5.74) is 1.67. The van der Waals surface area contributed by atoms with Gasteiger partial charge in [0.1, 0.15) is 17.3 Å². The molecule has 3 rings (SSSR count). The molecule has 39 heavy (non-hydrogen) atoms. The quantitative estimate of drug-likeness (QED) is 0.273. The molecule has 0 fully saturated rings. The first-order valence-electron chi connectivity index (χ1n) is 12.2. The number of hydrogen-bond donors (Lipinski definition) is 2. The molecule has 0 bridgehead atoms. The van der Waals surface area contributed by atoms with Gasteiger partial charge in [0, 0.05) is 43.5 Å². The first-order chi connectivity index (χ1) is 18.3. The summed E-state index contributed by atoms with van der Waals surface area (Å²) in [6.45, 7) is 9.98. The molecule has 0 radical (unpaired) electrons. The van der Waals surface area contributed by atoms with Crippen molar-refractivity contribution in [3.8, 4) is 12.0 Å². The molecule has 3 aromatic rings. The first-order valence-corrected chi connectivity index (χ1v) is 13.8. The van der Waals surface area contributed by atoms with Crippen molar-refractivity contribution in [1.29, 1.82) is 5.26 Å². The summed E-state index contributed by atoms with van der Waals surface area (Å²) in [6.07, 6.45) is 3.33. The molecule has 0 spiro atoms. The Morgan fingerprint density at radius 1 is 1.23 bits per heavy atom. The highest BCUT2D eigenvalue weighted by molar-refractivity contribution is 7.85. The van der Waals surface area contributed by atoms with E-state index in [1.807, 2.05) is 32.6 Å². The molecule has 0 aliphatic rings. The molecule has 1 aromatic carbocycles. The molecule has 206 valence electrons. The van der Waals surface area contributed by atoms with Crippen molar-refractivity contribution in [2.24, 2.45) is 10.2 Å². The Labute approximate surface area is 227 Å². The Kier molecular flexibility index (Phi) is 9.10. The number of azo groups is 1. The van der Waals surface area contributed by atoms with Crippen LogP contribution < -0.4 is 10.2 Å². The summed E-state index contributed by atoms with van der Waals surface area (Å²) in [5.74, 6) is -0.315. The van der Waals surface area contributed by atoms with Crippen LogP contribution >= 0.6 is 0 Å². The molecule has 14 heteroatoms. The van der Waals surface area contributed by atoms with Crippen LogP contribution in [0.3, 0.4) is 0 Å². The minimum Gasteiger partial charge on any atom is -0.372 e. The average molecular weight is 554 g/mol. The smallest absolute Gasteiger partial charge is 0.264 e. The van der Waals surface area contributed by atoms with Gasteiger partial charge in [-0.25, -0.2) is 9.97 Å². The molecule has 2 N–H and O–H groups in total. The molecule has 0 unspecified atom stereocenters. The zero-order valence-corrected chi connectivity index (χ0v) is 23.3. The lowest BCUT2D eigenvalue weighted by Crippen LogP contribution is -2.25. The maximum absolute atomic E-state index is 12.0. The van der Waals surface area contributed by atoms with Gasteiger partial charge in [0.25, 0.3) is 16.1 Å². The summed E-state index contributed by atoms with van der Waals surface area (Å²) >= 11 is 0. The van der Waals surface area contributed by atoms with Crippen molar-refractivity contribution in [1.82, 2.24) is 19.7 Å². The van der Waals surface area contributed by atoms with E-state index < -0.39 is 15.5 Å². The molecule has 0 aliphatic carbocycles. The second-order valence-electron chi connectivity index (χ2n) is 9.67. The van der Waals surface area contributed by atoms with E-state index >= 15 is 0 Å². The molecule has 0 atom stereocenters. The number of nitriles is 1. The third-order valence-corrected chi connectivity index (χ3v) is 6.35. The number of rotatable bonds is 10. The van der Waals surface area contributed by atoms with E-state index in [4.69, 9.17) is 4.55 Å². The minimum atomic E-state index is -4.06. The van der Waals surface area contributed by atoms with Crippen LogP contribution in [-0.4, -0.2) is 57.5 Å². The fraction of sp³-hybridized carbons (Fsp3) is 0.400. The van der Waals surface area contributed by atoms with E-state index in [2.05, 4.69) is 36.7 Å². The predicted molar refractivity (Wildman–Crippen MR) is 146 cm³/mol. The predicted octanol–water partition coefficient (Wildman–Crippen LogP) is 4.31. The van der Waals surface area contributed by atoms with Crippen molar-refractivity contribution in [2.45, 2.75) is 46.5 Å². The van der Waals surface area contributed by atoms with Gasteiger partial charge in [0.15, 0.2) is 5.82 Å². The molecular formula is C25H31N9O4S. The van der Waals surface area contributed by atoms with Crippen LogP contribution in [0, 0.1) is 11.3 Å². The number of benzene rings is 1. The summed E-state index contributed by atoms with van der Waals surface area (Å²) < 4.78 is 32.6. The molecule has 2 heterocycles. The highest BCUT2D eigenvalue weighted by Crippen LogP contribution is 2.35. The third kappa shape index (κ3) is 7.65. The number of nitrogens with zero attached hydrogens (tertiary/aromatic N) is 8. The maximum atomic E-state index is 12.0. The van der Waals surface area contributed by atoms with Gasteiger partial charge in [-0.15, -0.1) is 10.2 Å². The third-order valence-electron chi connectivity index (χ3n) is 5.55. The lowest BCUT2D eigenvalue weighted by atomic mass is 9.90. The number of hydrogen-bond acceptors (Lipinski definition) is 10. The molecular weight excluding hydrogens is 522 g/mol. The van der Waals surface area contributed by atoms with Crippen molar-refractivity contribution >= 4 is 38.9 Å². The van der Waals surface area contributed by atoms with Crippen LogP contribution in [0.1, 0.15) is 52.3 Å². The number of carbonyl (C=O) groups is 1. The largest absolute Gasteiger partial charge is 0.372 e. The van der Waals surface area contributed by atoms with E-state index in [0.717, 1.165) is 0 Å². The summed E-state index contributed by atoms with van der Waals surface area (Å²) in [4.78, 5) is 22.3. The molecule has 1 amide bonds. The summed E-state index contributed by atoms with van der Waals surface area (Å²) in [7, 11) is -4.06. The van der Waals surface area contributed by atoms with Crippen molar-refractivity contribution in [2.75, 3.05) is 29.1 Å². The monoisotopic (exact) mass is 553 g/mol. The fourth-order valence-corrected chi connectivity index (χ4v) is 4.27. The topological polar surface area (TPSA) is 179 Å². The molecule has 2 aromatic heterocycles. The summed E-state index contributed by atoms with van der Waals surface area (Å²) in [6, 6.07) is 8.96. The number of anilines is 2. The zero-order chi connectivity index (χ0) is 28.8. The molecule has 0 saturated carbocycles. The molecule has 13 nitrogen and oxygen atoms in total. The van der Waals surface area contributed by atoms with Crippen molar-refractivity contribution in [3.63, 3.8) is 0 Å². The van der Waals surface area contributed by atoms with E-state index in [9.17, 15) is 18.5 Å². The minimum absolute atomic E-state index is 0.145. The van der Waals surface area contributed by atoms with E-state index in [1.54, 1.807) is 36.7 Å². The van der Waals surface area contributed by atoms with Crippen LogP contribution in [0.25, 0.3) is 5.95 Å². The number of amides is 1. The Balaban J connectivity index is 2.06. The summed E-state index contributed by atoms with van der Waals surface area (Å²) in [5, 5.41) is 26.0. The standard InChI is InChI=1S/C25H31N9O4S/c1-6-33(13-8-14-39(36,37)38)18-9-10-20(21(15-18)29-17(2)35)30-31-23-19(16-26)22(25(3,4)5)32-34(23)24-27-11-7-12-28-24/h7,9-12,15H,6,8,13-14H2,1-5H3,(H,29,35)(H,36,37,38). The second-order valence-corrected chi connectivity index (χ2v) is 11.2. The maximum Gasteiger partial charge on any atom is 0.264 e. The van der Waals surface area contributed by atoms with Crippen LogP contribution in [0.2, 0.25) is 0 Å². The fourth-order valence-electron chi connectivity index (χ4n) is 3.78. The van der Waals surface area contributed by atoms with Gasteiger partial charge in [-0.05, 0) is 37.6 Å². The zero-order valence-electron chi connectivity index (χ0n) is 22.5. The Bertz CT molecular complexity index is 1500. The van der Waals surface area contributed by atoms with Gasteiger partial charge in [0.2, 0.25) is 5.91 Å². The van der Waals surface area contributed by atoms with Crippen LogP contribution in [-0.2, 0) is 20.3 Å². The average Bonchev–Trinajstić information content (AvgIpc) is 3.24. The Morgan fingerprint density at radius 2 is 1.92 bits per heavy atom. The molecule has 0 aliphatic heterocycles. The van der Waals surface area contributed by atoms with Crippen LogP contribution in [0.4, 0.5) is 22.9 Å². The van der Waals surface area contributed by atoms with E-state index in [1.165, 1.54) is 11.6 Å². The van der Waals surface area contributed by atoms with Gasteiger partial charge >= 0.3 is 0 Å². The van der Waals surface area contributed by atoms with Gasteiger partial charge in [-0.1, -0.05) is 20.8 Å². The SMILES string of the molecule is CCN(CCCS(=O)(=O)O)c1ccc(N=Nc2c(C#N)c(C(C)(C)C)nn2-c2ncccn2)c(NC(C)=O)c1. The highest BCUT2D eigenvalue weighted by Gasteiger charge is 2.28. The second kappa shape index (κ2) is 12.1. The van der Waals surface area contributed by atoms with Gasteiger partial charge < -0.3 is 10.2 Å². The number of aromatic nitrogens is 4. The molecule has 0 saturated heterocycles. The number of nitrogens with one attached hydrogen (secondary N) is 1. The van der Waals surface area contributed by atoms with Crippen LogP contribution in [0.5, 0.6) is 0 Å². The van der Waals surface area contributed by atoms with Gasteiger partial charge in [-0.2, -0.15) is 23.5 Å². The lowest BCUT2D eigenvalue weighted by Gasteiger charge is -2.24.